The summed E-state index contributed by atoms with van der Waals surface area (Å²) >= 11 is 1.51. The second-order valence-electron chi connectivity index (χ2n) is 4.85. The van der Waals surface area contributed by atoms with Crippen molar-refractivity contribution in [1.82, 2.24) is 5.32 Å². The number of amides is 3. The van der Waals surface area contributed by atoms with Crippen molar-refractivity contribution in [2.45, 2.75) is 31.8 Å². The number of nitrogens with one attached hydrogen (secondary N) is 1. The number of hydrogen-bond donors (Lipinski definition) is 2. The monoisotopic (exact) mass is 324 g/mol. The fourth-order valence-electron chi connectivity index (χ4n) is 1.78. The van der Waals surface area contributed by atoms with Crippen LogP contribution in [0.15, 0.2) is 29.2 Å². The van der Waals surface area contributed by atoms with Crippen molar-refractivity contribution in [3.8, 4) is 0 Å². The Morgan fingerprint density at radius 3 is 2.45 bits per heavy atom. The summed E-state index contributed by atoms with van der Waals surface area (Å²) in [4.78, 5) is 35.8. The number of nitrogens with two attached hydrogens (primary N) is 1. The summed E-state index contributed by atoms with van der Waals surface area (Å²) in [6.45, 7) is 5.40. The van der Waals surface area contributed by atoms with E-state index in [-0.39, 0.29) is 5.92 Å². The lowest BCUT2D eigenvalue weighted by Crippen LogP contribution is -2.45. The Morgan fingerprint density at radius 2 is 1.91 bits per heavy atom. The van der Waals surface area contributed by atoms with Crippen LogP contribution in [0.25, 0.3) is 0 Å². The molecule has 22 heavy (non-hydrogen) atoms. The van der Waals surface area contributed by atoms with Crippen molar-refractivity contribution >= 4 is 29.7 Å². The predicted octanol–water partition coefficient (Wildman–Crippen LogP) is 2.17. The highest BCUT2D eigenvalue weighted by Crippen LogP contribution is 2.23. The van der Waals surface area contributed by atoms with Gasteiger partial charge in [-0.05, 0) is 23.8 Å². The van der Waals surface area contributed by atoms with Crippen molar-refractivity contribution in [2.24, 2.45) is 11.7 Å². The Bertz CT molecular complexity index is 560. The molecule has 0 bridgehead atoms. The first-order valence-electron chi connectivity index (χ1n) is 6.89. The number of imide groups is 1. The lowest BCUT2D eigenvalue weighted by atomic mass is 10.1. The highest BCUT2D eigenvalue weighted by Gasteiger charge is 2.28. The Hall–Kier alpha value is -2.02. The van der Waals surface area contributed by atoms with Gasteiger partial charge in [-0.1, -0.05) is 32.9 Å². The van der Waals surface area contributed by atoms with Gasteiger partial charge in [0.15, 0.2) is 6.10 Å². The molecule has 0 saturated carbocycles. The van der Waals surface area contributed by atoms with E-state index in [9.17, 15) is 14.4 Å². The molecule has 0 aromatic heterocycles. The summed E-state index contributed by atoms with van der Waals surface area (Å²) in [6, 6.07) is 6.04. The zero-order valence-electron chi connectivity index (χ0n) is 12.8. The second-order valence-corrected chi connectivity index (χ2v) is 6.16. The first kappa shape index (κ1) is 18.0. The van der Waals surface area contributed by atoms with E-state index in [4.69, 9.17) is 10.5 Å². The minimum Gasteiger partial charge on any atom is -0.448 e. The molecule has 1 atom stereocenters. The number of carbonyl (C=O) groups excluding carboxylic acids is 3. The topological polar surface area (TPSA) is 98.5 Å². The molecule has 0 heterocycles. The molecule has 0 radical (unpaired) electrons. The summed E-state index contributed by atoms with van der Waals surface area (Å²) in [5.74, 6) is -0.819. The largest absolute Gasteiger partial charge is 0.448 e. The van der Waals surface area contributed by atoms with Gasteiger partial charge >= 0.3 is 12.0 Å². The molecule has 0 fully saturated rings. The van der Waals surface area contributed by atoms with E-state index in [0.717, 1.165) is 10.6 Å². The van der Waals surface area contributed by atoms with Crippen LogP contribution in [-0.4, -0.2) is 29.8 Å². The highest BCUT2D eigenvalue weighted by molar-refractivity contribution is 7.99. The van der Waals surface area contributed by atoms with Gasteiger partial charge in [-0.15, -0.1) is 11.8 Å². The molecule has 3 N–H and O–H groups in total. The van der Waals surface area contributed by atoms with Crippen molar-refractivity contribution in [2.75, 3.05) is 5.75 Å². The number of carbonyl (C=O) groups is 3. The van der Waals surface area contributed by atoms with Gasteiger partial charge in [-0.3, -0.25) is 10.1 Å². The molecule has 0 unspecified atom stereocenters. The Morgan fingerprint density at radius 1 is 1.27 bits per heavy atom. The first-order chi connectivity index (χ1) is 10.4. The van der Waals surface area contributed by atoms with Gasteiger partial charge in [0.2, 0.25) is 0 Å². The molecular formula is C15H20N2O4S. The number of rotatable bonds is 6. The van der Waals surface area contributed by atoms with Crippen molar-refractivity contribution in [1.29, 1.82) is 0 Å². The maximum atomic E-state index is 12.3. The van der Waals surface area contributed by atoms with Gasteiger partial charge in [-0.25, -0.2) is 9.59 Å². The molecule has 7 heteroatoms. The number of esters is 1. The lowest BCUT2D eigenvalue weighted by Gasteiger charge is -2.20. The van der Waals surface area contributed by atoms with Gasteiger partial charge < -0.3 is 10.5 Å². The molecule has 1 rings (SSSR count). The molecule has 1 aromatic rings. The van der Waals surface area contributed by atoms with E-state index < -0.39 is 24.0 Å². The highest BCUT2D eigenvalue weighted by atomic mass is 32.2. The number of urea groups is 1. The molecule has 0 aliphatic heterocycles. The number of ether oxygens (including phenoxy) is 1. The van der Waals surface area contributed by atoms with Crippen LogP contribution < -0.4 is 11.1 Å². The lowest BCUT2D eigenvalue weighted by molar-refractivity contribution is -0.130. The van der Waals surface area contributed by atoms with Gasteiger partial charge in [0.1, 0.15) is 0 Å². The van der Waals surface area contributed by atoms with E-state index in [1.807, 2.05) is 24.4 Å². The van der Waals surface area contributed by atoms with Gasteiger partial charge in [0.05, 0.1) is 5.56 Å². The summed E-state index contributed by atoms with van der Waals surface area (Å²) in [5, 5.41) is 1.94. The van der Waals surface area contributed by atoms with Crippen molar-refractivity contribution in [3.63, 3.8) is 0 Å². The standard InChI is InChI=1S/C15H20N2O4S/c1-4-22-11-8-6-5-7-10(11)14(19)21-12(9(2)3)13(18)17-15(16)20/h5-9,12H,4H2,1-3H3,(H3,16,17,18,20)/t12-/m0/s1. The van der Waals surface area contributed by atoms with Crippen LogP contribution in [0.3, 0.4) is 0 Å². The third-order valence-electron chi connectivity index (χ3n) is 2.75. The Kier molecular flexibility index (Phi) is 6.91. The smallest absolute Gasteiger partial charge is 0.340 e. The number of benzene rings is 1. The predicted molar refractivity (Wildman–Crippen MR) is 84.6 cm³/mol. The second kappa shape index (κ2) is 8.43. The summed E-state index contributed by atoms with van der Waals surface area (Å²) in [6.07, 6.45) is -1.08. The molecule has 120 valence electrons. The van der Waals surface area contributed by atoms with Crippen LogP contribution in [-0.2, 0) is 9.53 Å². The minimum absolute atomic E-state index is 0.297. The molecule has 0 saturated heterocycles. The van der Waals surface area contributed by atoms with E-state index in [2.05, 4.69) is 0 Å². The van der Waals surface area contributed by atoms with E-state index in [1.165, 1.54) is 11.8 Å². The number of primary amides is 1. The normalized spacial score (nSPS) is 11.8. The number of hydrogen-bond acceptors (Lipinski definition) is 5. The fraction of sp³-hybridized carbons (Fsp3) is 0.400. The third-order valence-corrected chi connectivity index (χ3v) is 3.71. The van der Waals surface area contributed by atoms with Crippen LogP contribution >= 0.6 is 11.8 Å². The Balaban J connectivity index is 2.92. The molecule has 0 spiro atoms. The van der Waals surface area contributed by atoms with Crippen LogP contribution in [0.5, 0.6) is 0 Å². The van der Waals surface area contributed by atoms with Gasteiger partial charge in [0, 0.05) is 4.90 Å². The average Bonchev–Trinajstić information content (AvgIpc) is 2.44. The average molecular weight is 324 g/mol. The molecule has 0 aliphatic rings. The van der Waals surface area contributed by atoms with Crippen LogP contribution in [0, 0.1) is 5.92 Å². The van der Waals surface area contributed by atoms with Crippen molar-refractivity contribution in [3.05, 3.63) is 29.8 Å². The maximum Gasteiger partial charge on any atom is 0.340 e. The zero-order valence-corrected chi connectivity index (χ0v) is 13.6. The molecule has 1 aromatic carbocycles. The molecule has 6 nitrogen and oxygen atoms in total. The van der Waals surface area contributed by atoms with Crippen LogP contribution in [0.4, 0.5) is 4.79 Å². The zero-order chi connectivity index (χ0) is 16.7. The van der Waals surface area contributed by atoms with E-state index in [0.29, 0.717) is 5.56 Å². The SMILES string of the molecule is CCSc1ccccc1C(=O)O[C@H](C(=O)NC(N)=O)C(C)C. The third kappa shape index (κ3) is 5.07. The van der Waals surface area contributed by atoms with E-state index >= 15 is 0 Å². The summed E-state index contributed by atoms with van der Waals surface area (Å²) in [7, 11) is 0. The van der Waals surface area contributed by atoms with Crippen LogP contribution in [0.2, 0.25) is 0 Å². The quantitative estimate of drug-likeness (QED) is 0.617. The van der Waals surface area contributed by atoms with Crippen LogP contribution in [0.1, 0.15) is 31.1 Å². The molecule has 3 amide bonds. The fourth-order valence-corrected chi connectivity index (χ4v) is 2.57. The summed E-state index contributed by atoms with van der Waals surface area (Å²) in [5.41, 5.74) is 5.32. The van der Waals surface area contributed by atoms with Crippen molar-refractivity contribution < 1.29 is 19.1 Å². The summed E-state index contributed by atoms with van der Waals surface area (Å²) < 4.78 is 5.28. The first-order valence-corrected chi connectivity index (χ1v) is 7.88. The van der Waals surface area contributed by atoms with Gasteiger partial charge in [0.25, 0.3) is 5.91 Å². The molecule has 0 aliphatic carbocycles. The van der Waals surface area contributed by atoms with E-state index in [1.54, 1.807) is 26.0 Å². The maximum absolute atomic E-state index is 12.3. The number of thioether (sulfide) groups is 1. The minimum atomic E-state index is -1.08. The molecular weight excluding hydrogens is 304 g/mol. The van der Waals surface area contributed by atoms with Gasteiger partial charge in [-0.2, -0.15) is 0 Å². The Labute approximate surface area is 133 Å².